The molecule has 538 valence electrons. The number of rotatable bonds is 70. The van der Waals surface area contributed by atoms with Gasteiger partial charge in [0, 0.05) is 12.8 Å². The highest BCUT2D eigenvalue weighted by Gasteiger charge is 2.27. The van der Waals surface area contributed by atoms with E-state index in [1.165, 1.54) is 173 Å². The summed E-state index contributed by atoms with van der Waals surface area (Å²) in [6, 6.07) is 0. The molecule has 0 amide bonds. The third kappa shape index (κ3) is 76.9. The van der Waals surface area contributed by atoms with Crippen molar-refractivity contribution in [1.82, 2.24) is 0 Å². The molecule has 0 heterocycles. The molecule has 9 nitrogen and oxygen atoms in total. The van der Waals surface area contributed by atoms with E-state index in [0.29, 0.717) is 17.4 Å². The predicted octanol–water partition coefficient (Wildman–Crippen LogP) is 25.7. The molecule has 94 heavy (non-hydrogen) atoms. The quantitative estimate of drug-likeness (QED) is 0.0211. The molecule has 0 aromatic rings. The maximum Gasteiger partial charge on any atom is 0.472 e. The van der Waals surface area contributed by atoms with Gasteiger partial charge in [-0.25, -0.2) is 4.57 Å². The van der Waals surface area contributed by atoms with Crippen molar-refractivity contribution in [3.8, 4) is 0 Å². The summed E-state index contributed by atoms with van der Waals surface area (Å²) in [5, 5.41) is 0. The number of allylic oxidation sites excluding steroid dienone is 24. The van der Waals surface area contributed by atoms with Crippen molar-refractivity contribution in [2.45, 2.75) is 328 Å². The number of unbranched alkanes of at least 4 members (excludes halogenated alkanes) is 32. The molecule has 0 rings (SSSR count). The van der Waals surface area contributed by atoms with E-state index in [9.17, 15) is 19.0 Å². The maximum absolute atomic E-state index is 12.9. The summed E-state index contributed by atoms with van der Waals surface area (Å²) in [7, 11) is 1.48. The number of esters is 2. The van der Waals surface area contributed by atoms with Gasteiger partial charge in [0.2, 0.25) is 0 Å². The first-order chi connectivity index (χ1) is 46.0. The Kier molecular flexibility index (Phi) is 69.9. The van der Waals surface area contributed by atoms with Gasteiger partial charge < -0.3 is 18.9 Å². The van der Waals surface area contributed by atoms with Crippen molar-refractivity contribution < 1.29 is 42.1 Å². The van der Waals surface area contributed by atoms with Gasteiger partial charge in [-0.3, -0.25) is 18.6 Å². The first-order valence-electron chi connectivity index (χ1n) is 38.6. The van der Waals surface area contributed by atoms with Crippen LogP contribution < -0.4 is 0 Å². The molecular formula is C84H145NO8P+. The molecule has 0 aliphatic rings. The number of quaternary nitrogens is 1. The number of phosphoric acid groups is 1. The number of ether oxygens (including phenoxy) is 2. The number of phosphoric ester groups is 1. The Morgan fingerprint density at radius 3 is 0.851 bits per heavy atom. The van der Waals surface area contributed by atoms with Crippen LogP contribution in [0.1, 0.15) is 322 Å². The Bertz CT molecular complexity index is 2100. The van der Waals surface area contributed by atoms with Crippen LogP contribution in [0.15, 0.2) is 146 Å². The molecule has 0 bridgehead atoms. The Morgan fingerprint density at radius 1 is 0.330 bits per heavy atom. The molecule has 2 unspecified atom stereocenters. The van der Waals surface area contributed by atoms with E-state index >= 15 is 0 Å². The van der Waals surface area contributed by atoms with E-state index in [-0.39, 0.29) is 32.0 Å². The van der Waals surface area contributed by atoms with E-state index in [1.54, 1.807) is 0 Å². The number of carbonyl (C=O) groups is 2. The lowest BCUT2D eigenvalue weighted by atomic mass is 10.0. The van der Waals surface area contributed by atoms with Crippen LogP contribution in [0.4, 0.5) is 0 Å². The number of hydrogen-bond acceptors (Lipinski definition) is 7. The molecule has 0 aromatic carbocycles. The highest BCUT2D eigenvalue weighted by Crippen LogP contribution is 2.43. The average molecular weight is 1330 g/mol. The summed E-state index contributed by atoms with van der Waals surface area (Å²) in [6.07, 6.45) is 108. The van der Waals surface area contributed by atoms with Crippen LogP contribution in [0.25, 0.3) is 0 Å². The molecular weight excluding hydrogens is 1180 g/mol. The molecule has 0 spiro atoms. The van der Waals surface area contributed by atoms with Gasteiger partial charge in [-0.1, -0.05) is 339 Å². The van der Waals surface area contributed by atoms with Gasteiger partial charge in [0.05, 0.1) is 27.7 Å². The zero-order valence-electron chi connectivity index (χ0n) is 61.4. The maximum atomic E-state index is 12.9. The standard InChI is InChI=1S/C84H144NO8P/c1-6-8-10-12-14-16-18-20-22-24-26-28-30-32-34-36-38-39-40-41-42-43-44-45-47-49-51-53-55-57-59-61-63-65-67-69-71-73-75-77-84(87)93-82(81-92-94(88,89)91-79-78-85(3,4)5)80-90-83(86)76-74-72-70-68-66-64-62-60-58-56-54-52-50-48-46-37-35-33-31-29-27-25-23-21-19-17-15-13-11-9-7-2/h8-11,14-17,20-23,26-29,32,34,38-39,41-42,44-45,82H,6-7,12-13,18-19,24-25,30-31,33,35-37,40,43,46-81H2,1-5H3/p+1/b10-8-,11-9-,16-14-,17-15-,22-20-,23-21-,28-26-,29-27-,34-32-,39-38-,42-41-,45-44-. The molecule has 0 radical (unpaired) electrons. The van der Waals surface area contributed by atoms with Crippen molar-refractivity contribution >= 4 is 19.8 Å². The molecule has 0 aliphatic carbocycles. The van der Waals surface area contributed by atoms with E-state index in [1.807, 2.05) is 21.1 Å². The van der Waals surface area contributed by atoms with Crippen LogP contribution in [0, 0.1) is 0 Å². The Balaban J connectivity index is 4.01. The van der Waals surface area contributed by atoms with Crippen LogP contribution in [0.5, 0.6) is 0 Å². The van der Waals surface area contributed by atoms with Crippen molar-refractivity contribution in [2.75, 3.05) is 47.5 Å². The van der Waals surface area contributed by atoms with Crippen LogP contribution in [0.2, 0.25) is 0 Å². The summed E-state index contributed by atoms with van der Waals surface area (Å²) in [4.78, 5) is 36.0. The van der Waals surface area contributed by atoms with E-state index in [4.69, 9.17) is 18.5 Å². The first kappa shape index (κ1) is 89.9. The normalized spacial score (nSPS) is 13.9. The lowest BCUT2D eigenvalue weighted by Gasteiger charge is -2.24. The Hall–Kier alpha value is -4.11. The highest BCUT2D eigenvalue weighted by atomic mass is 31.2. The van der Waals surface area contributed by atoms with Gasteiger partial charge in [0.25, 0.3) is 0 Å². The van der Waals surface area contributed by atoms with Crippen LogP contribution >= 0.6 is 7.82 Å². The fourth-order valence-electron chi connectivity index (χ4n) is 10.6. The van der Waals surface area contributed by atoms with Gasteiger partial charge in [0.1, 0.15) is 19.8 Å². The zero-order valence-corrected chi connectivity index (χ0v) is 62.3. The molecule has 0 fully saturated rings. The van der Waals surface area contributed by atoms with Crippen LogP contribution in [-0.2, 0) is 32.7 Å². The summed E-state index contributed by atoms with van der Waals surface area (Å²) in [5.41, 5.74) is 0. The first-order valence-corrected chi connectivity index (χ1v) is 40.1. The minimum Gasteiger partial charge on any atom is -0.462 e. The van der Waals surface area contributed by atoms with Gasteiger partial charge in [0.15, 0.2) is 6.10 Å². The van der Waals surface area contributed by atoms with Gasteiger partial charge in [-0.05, 0) is 116 Å². The molecule has 0 saturated carbocycles. The SMILES string of the molecule is CC/C=C\C/C=C\C/C=C\C/C=C\C/C=C\C/C=C\C/C=C\C/C=C\CCCCCCCCCCCCCCCCC(=O)OC(COC(=O)CCCCCCCCCCCCCCCCCCCC/C=C\C/C=C\C/C=C\C/C=C\CC)COP(=O)(O)OCC[N+](C)(C)C. The molecule has 10 heteroatoms. The second kappa shape index (κ2) is 73.1. The molecule has 0 saturated heterocycles. The number of likely N-dealkylation sites (N-methyl/N-ethyl adjacent to an activating group) is 1. The largest absolute Gasteiger partial charge is 0.472 e. The minimum atomic E-state index is -4.40. The van der Waals surface area contributed by atoms with Crippen LogP contribution in [-0.4, -0.2) is 74.9 Å². The molecule has 0 aromatic heterocycles. The summed E-state index contributed by atoms with van der Waals surface area (Å²) < 4.78 is 34.8. The third-order valence-corrected chi connectivity index (χ3v) is 17.3. The summed E-state index contributed by atoms with van der Waals surface area (Å²) in [5.74, 6) is -0.792. The summed E-state index contributed by atoms with van der Waals surface area (Å²) in [6.45, 7) is 4.23. The highest BCUT2D eigenvalue weighted by molar-refractivity contribution is 7.47. The van der Waals surface area contributed by atoms with Gasteiger partial charge >= 0.3 is 19.8 Å². The number of carbonyl (C=O) groups excluding carboxylic acids is 2. The topological polar surface area (TPSA) is 108 Å². The summed E-state index contributed by atoms with van der Waals surface area (Å²) >= 11 is 0. The monoisotopic (exact) mass is 1330 g/mol. The third-order valence-electron chi connectivity index (χ3n) is 16.4. The second-order valence-corrected chi connectivity index (χ2v) is 28.1. The number of nitrogens with zero attached hydrogens (tertiary/aromatic N) is 1. The van der Waals surface area contributed by atoms with E-state index in [0.717, 1.165) is 116 Å². The molecule has 0 aliphatic heterocycles. The Labute approximate surface area is 580 Å². The average Bonchev–Trinajstić information content (AvgIpc) is 1.56. The van der Waals surface area contributed by atoms with Crippen LogP contribution in [0.3, 0.4) is 0 Å². The molecule has 2 atom stereocenters. The predicted molar refractivity (Wildman–Crippen MR) is 408 cm³/mol. The molecule has 1 N–H and O–H groups in total. The van der Waals surface area contributed by atoms with E-state index in [2.05, 4.69) is 160 Å². The second-order valence-electron chi connectivity index (χ2n) is 26.6. The van der Waals surface area contributed by atoms with Crippen molar-refractivity contribution in [1.29, 1.82) is 0 Å². The fraction of sp³-hybridized carbons (Fsp3) is 0.690. The number of hydrogen-bond donors (Lipinski definition) is 1. The van der Waals surface area contributed by atoms with Gasteiger partial charge in [-0.15, -0.1) is 0 Å². The fourth-order valence-corrected chi connectivity index (χ4v) is 11.3. The lowest BCUT2D eigenvalue weighted by Crippen LogP contribution is -2.37. The minimum absolute atomic E-state index is 0.0276. The van der Waals surface area contributed by atoms with Crippen molar-refractivity contribution in [3.63, 3.8) is 0 Å². The Morgan fingerprint density at radius 2 is 0.574 bits per heavy atom. The lowest BCUT2D eigenvalue weighted by molar-refractivity contribution is -0.870. The van der Waals surface area contributed by atoms with E-state index < -0.39 is 26.5 Å². The smallest absolute Gasteiger partial charge is 0.462 e. The zero-order chi connectivity index (χ0) is 68.3. The van der Waals surface area contributed by atoms with Crippen molar-refractivity contribution in [3.05, 3.63) is 146 Å². The van der Waals surface area contributed by atoms with Crippen molar-refractivity contribution in [2.24, 2.45) is 0 Å². The van der Waals surface area contributed by atoms with Gasteiger partial charge in [-0.2, -0.15) is 0 Å².